The van der Waals surface area contributed by atoms with Crippen LogP contribution in [0.25, 0.3) is 0 Å². The molecule has 112 valence electrons. The lowest BCUT2D eigenvalue weighted by molar-refractivity contribution is -0.139. The zero-order valence-corrected chi connectivity index (χ0v) is 12.0. The monoisotopic (exact) mass is 290 g/mol. The molecular formula is C16H18O5. The summed E-state index contributed by atoms with van der Waals surface area (Å²) in [6.07, 6.45) is 2.49. The van der Waals surface area contributed by atoms with E-state index in [-0.39, 0.29) is 6.61 Å². The quantitative estimate of drug-likeness (QED) is 0.230. The molecule has 0 atom stereocenters. The Morgan fingerprint density at radius 1 is 1.33 bits per heavy atom. The molecule has 0 fully saturated rings. The fourth-order valence-electron chi connectivity index (χ4n) is 1.44. The molecule has 1 rings (SSSR count). The molecule has 0 heterocycles. The van der Waals surface area contributed by atoms with Gasteiger partial charge >= 0.3 is 5.97 Å². The fraction of sp³-hybridized carbons (Fsp3) is 0.250. The Morgan fingerprint density at radius 3 is 2.71 bits per heavy atom. The van der Waals surface area contributed by atoms with Crippen LogP contribution in [-0.2, 0) is 9.53 Å². The Balaban J connectivity index is 2.48. The summed E-state index contributed by atoms with van der Waals surface area (Å²) in [5.41, 5.74) is 0.777. The van der Waals surface area contributed by atoms with E-state index in [4.69, 9.17) is 14.2 Å². The van der Waals surface area contributed by atoms with Gasteiger partial charge in [-0.15, -0.1) is 0 Å². The van der Waals surface area contributed by atoms with Crippen molar-refractivity contribution < 1.29 is 23.8 Å². The molecule has 1 aromatic rings. The van der Waals surface area contributed by atoms with E-state index < -0.39 is 5.97 Å². The molecule has 0 bridgehead atoms. The fourth-order valence-corrected chi connectivity index (χ4v) is 1.44. The van der Waals surface area contributed by atoms with Crippen LogP contribution in [0, 0.1) is 0 Å². The van der Waals surface area contributed by atoms with E-state index in [1.54, 1.807) is 25.1 Å². The predicted octanol–water partition coefficient (Wildman–Crippen LogP) is 2.91. The van der Waals surface area contributed by atoms with Crippen LogP contribution in [0.2, 0.25) is 0 Å². The molecule has 0 unspecified atom stereocenters. The molecule has 0 saturated heterocycles. The summed E-state index contributed by atoms with van der Waals surface area (Å²) >= 11 is 0. The summed E-state index contributed by atoms with van der Waals surface area (Å²) < 4.78 is 15.6. The van der Waals surface area contributed by atoms with Crippen molar-refractivity contribution >= 4 is 12.3 Å². The van der Waals surface area contributed by atoms with Crippen molar-refractivity contribution in [3.8, 4) is 11.5 Å². The lowest BCUT2D eigenvalue weighted by atomic mass is 10.2. The summed E-state index contributed by atoms with van der Waals surface area (Å²) in [7, 11) is 0. The van der Waals surface area contributed by atoms with Gasteiger partial charge in [0.15, 0.2) is 6.29 Å². The van der Waals surface area contributed by atoms with Gasteiger partial charge in [0.25, 0.3) is 0 Å². The number of aldehydes is 1. The average Bonchev–Trinajstić information content (AvgIpc) is 2.47. The summed E-state index contributed by atoms with van der Waals surface area (Å²) in [4.78, 5) is 22.1. The van der Waals surface area contributed by atoms with Crippen LogP contribution in [0.5, 0.6) is 11.5 Å². The molecule has 0 saturated carbocycles. The van der Waals surface area contributed by atoms with Crippen LogP contribution < -0.4 is 9.47 Å². The molecule has 0 aromatic heterocycles. The number of hydrogen-bond donors (Lipinski definition) is 0. The predicted molar refractivity (Wildman–Crippen MR) is 78.5 cm³/mol. The van der Waals surface area contributed by atoms with Crippen LogP contribution in [-0.4, -0.2) is 25.5 Å². The molecule has 0 aliphatic carbocycles. The van der Waals surface area contributed by atoms with Crippen molar-refractivity contribution in [3.05, 3.63) is 48.8 Å². The highest BCUT2D eigenvalue weighted by molar-refractivity contribution is 5.86. The van der Waals surface area contributed by atoms with E-state index in [0.29, 0.717) is 41.9 Å². The van der Waals surface area contributed by atoms with Crippen molar-refractivity contribution in [2.45, 2.75) is 13.3 Å². The second-order valence-corrected chi connectivity index (χ2v) is 4.22. The van der Waals surface area contributed by atoms with E-state index in [9.17, 15) is 9.59 Å². The largest absolute Gasteiger partial charge is 0.493 e. The molecule has 0 amide bonds. The molecule has 0 radical (unpaired) electrons. The highest BCUT2D eigenvalue weighted by Crippen LogP contribution is 2.24. The second-order valence-electron chi connectivity index (χ2n) is 4.22. The zero-order chi connectivity index (χ0) is 15.7. The highest BCUT2D eigenvalue weighted by atomic mass is 16.5. The Kier molecular flexibility index (Phi) is 6.74. The first-order valence-corrected chi connectivity index (χ1v) is 6.40. The Labute approximate surface area is 123 Å². The normalized spacial score (nSPS) is 9.57. The molecule has 1 aromatic carbocycles. The topological polar surface area (TPSA) is 61.8 Å². The van der Waals surface area contributed by atoms with Gasteiger partial charge in [-0.25, -0.2) is 4.79 Å². The number of esters is 1. The zero-order valence-electron chi connectivity index (χ0n) is 12.0. The van der Waals surface area contributed by atoms with E-state index in [1.807, 2.05) is 0 Å². The van der Waals surface area contributed by atoms with Crippen LogP contribution >= 0.6 is 0 Å². The summed E-state index contributed by atoms with van der Waals surface area (Å²) in [6.45, 7) is 9.06. The third-order valence-electron chi connectivity index (χ3n) is 2.46. The van der Waals surface area contributed by atoms with E-state index in [1.165, 1.54) is 6.26 Å². The smallest absolute Gasteiger partial charge is 0.333 e. The molecule has 0 spiro atoms. The van der Waals surface area contributed by atoms with Gasteiger partial charge in [-0.05, 0) is 19.1 Å². The van der Waals surface area contributed by atoms with Crippen LogP contribution in [0.4, 0.5) is 0 Å². The Morgan fingerprint density at radius 2 is 2.10 bits per heavy atom. The maximum absolute atomic E-state index is 11.2. The Bertz CT molecular complexity index is 533. The van der Waals surface area contributed by atoms with E-state index in [2.05, 4.69) is 13.2 Å². The molecule has 0 aliphatic heterocycles. The number of carbonyl (C=O) groups is 2. The van der Waals surface area contributed by atoms with E-state index in [0.717, 1.165) is 0 Å². The first kappa shape index (κ1) is 16.5. The average molecular weight is 290 g/mol. The first-order chi connectivity index (χ1) is 10.1. The van der Waals surface area contributed by atoms with Gasteiger partial charge in [-0.2, -0.15) is 0 Å². The maximum atomic E-state index is 11.2. The van der Waals surface area contributed by atoms with Crippen molar-refractivity contribution in [1.82, 2.24) is 0 Å². The third kappa shape index (κ3) is 5.52. The summed E-state index contributed by atoms with van der Waals surface area (Å²) in [5.74, 6) is 0.514. The highest BCUT2D eigenvalue weighted by Gasteiger charge is 2.06. The number of benzene rings is 1. The minimum atomic E-state index is -0.426. The van der Waals surface area contributed by atoms with Crippen LogP contribution in [0.3, 0.4) is 0 Å². The Hall–Kier alpha value is -2.56. The molecular weight excluding hydrogens is 272 g/mol. The first-order valence-electron chi connectivity index (χ1n) is 6.40. The SMILES string of the molecule is C=COc1ccc(C=O)c(OCCCOC(=O)C(=C)C)c1. The summed E-state index contributed by atoms with van der Waals surface area (Å²) in [5, 5.41) is 0. The minimum absolute atomic E-state index is 0.227. The van der Waals surface area contributed by atoms with E-state index >= 15 is 0 Å². The number of carbonyl (C=O) groups excluding carboxylic acids is 2. The van der Waals surface area contributed by atoms with Crippen LogP contribution in [0.15, 0.2) is 43.2 Å². The summed E-state index contributed by atoms with van der Waals surface area (Å²) in [6, 6.07) is 4.85. The van der Waals surface area contributed by atoms with Gasteiger partial charge < -0.3 is 14.2 Å². The van der Waals surface area contributed by atoms with Gasteiger partial charge in [0.05, 0.1) is 25.0 Å². The van der Waals surface area contributed by atoms with Crippen molar-refractivity contribution in [2.24, 2.45) is 0 Å². The number of rotatable bonds is 9. The minimum Gasteiger partial charge on any atom is -0.493 e. The van der Waals surface area contributed by atoms with Gasteiger partial charge in [-0.1, -0.05) is 13.2 Å². The maximum Gasteiger partial charge on any atom is 0.333 e. The van der Waals surface area contributed by atoms with Gasteiger partial charge in [0.1, 0.15) is 11.5 Å². The number of hydrogen-bond acceptors (Lipinski definition) is 5. The van der Waals surface area contributed by atoms with Gasteiger partial charge in [0, 0.05) is 18.1 Å². The lowest BCUT2D eigenvalue weighted by Crippen LogP contribution is -2.09. The second kappa shape index (κ2) is 8.58. The van der Waals surface area contributed by atoms with Crippen molar-refractivity contribution in [1.29, 1.82) is 0 Å². The molecule has 21 heavy (non-hydrogen) atoms. The van der Waals surface area contributed by atoms with Gasteiger partial charge in [-0.3, -0.25) is 4.79 Å². The van der Waals surface area contributed by atoms with Crippen LogP contribution in [0.1, 0.15) is 23.7 Å². The molecule has 5 nitrogen and oxygen atoms in total. The molecule has 0 N–H and O–H groups in total. The standard InChI is InChI=1S/C16H18O5/c1-4-19-14-7-6-13(11-17)15(10-14)20-8-5-9-21-16(18)12(2)3/h4,6-7,10-11H,1-2,5,8-9H2,3H3. The van der Waals surface area contributed by atoms with Crippen molar-refractivity contribution in [3.63, 3.8) is 0 Å². The lowest BCUT2D eigenvalue weighted by Gasteiger charge is -2.10. The third-order valence-corrected chi connectivity index (χ3v) is 2.46. The molecule has 0 aliphatic rings. The van der Waals surface area contributed by atoms with Crippen molar-refractivity contribution in [2.75, 3.05) is 13.2 Å². The number of ether oxygens (including phenoxy) is 3. The molecule has 5 heteroatoms. The van der Waals surface area contributed by atoms with Gasteiger partial charge in [0.2, 0.25) is 0 Å².